The smallest absolute Gasteiger partial charge is 0.337 e. The Balaban J connectivity index is 1.28. The number of benzene rings is 4. The number of fused-ring (bicyclic) bond motifs is 1. The molecule has 244 valence electrons. The number of nitrogens with zero attached hydrogens (tertiary/aromatic N) is 1. The number of aliphatic hydroxyl groups is 1. The van der Waals surface area contributed by atoms with Crippen LogP contribution in [0.5, 0.6) is 17.2 Å². The number of nitrogens with one attached hydrogen (secondary N) is 3. The average Bonchev–Trinajstić information content (AvgIpc) is 3.07. The maximum atomic E-state index is 14.2. The molecule has 1 aliphatic heterocycles. The molecule has 0 bridgehead atoms. The van der Waals surface area contributed by atoms with Gasteiger partial charge in [-0.15, -0.1) is 0 Å². The van der Waals surface area contributed by atoms with E-state index >= 15 is 0 Å². The molecule has 1 heterocycles. The van der Waals surface area contributed by atoms with E-state index in [-0.39, 0.29) is 24.6 Å². The lowest BCUT2D eigenvalue weighted by atomic mass is 9.95. The number of halogens is 1. The van der Waals surface area contributed by atoms with Crippen molar-refractivity contribution in [2.24, 2.45) is 5.10 Å². The van der Waals surface area contributed by atoms with E-state index in [2.05, 4.69) is 21.2 Å². The number of hydrogen-bond donors (Lipinski definition) is 4. The van der Waals surface area contributed by atoms with Crippen molar-refractivity contribution < 1.29 is 38.0 Å². The van der Waals surface area contributed by atoms with Crippen molar-refractivity contribution in [1.82, 2.24) is 16.1 Å². The predicted octanol–water partition coefficient (Wildman–Crippen LogP) is 5.08. The Kier molecular flexibility index (Phi) is 10.5. The molecule has 11 nitrogen and oxygen atoms in total. The monoisotopic (exact) mass is 642 g/mol. The topological polar surface area (TPSA) is 140 Å². The first-order valence-corrected chi connectivity index (χ1v) is 14.9. The highest BCUT2D eigenvalue weighted by Crippen LogP contribution is 2.35. The highest BCUT2D eigenvalue weighted by atomic mass is 19.1. The molecule has 0 fully saturated rings. The maximum absolute atomic E-state index is 14.2. The number of methoxy groups -OCH3 is 1. The summed E-state index contributed by atoms with van der Waals surface area (Å²) in [6.07, 6.45) is 0.322. The molecule has 4 aromatic rings. The van der Waals surface area contributed by atoms with Gasteiger partial charge in [0.25, 0.3) is 0 Å². The van der Waals surface area contributed by atoms with Crippen molar-refractivity contribution in [2.45, 2.75) is 32.7 Å². The van der Waals surface area contributed by atoms with Crippen molar-refractivity contribution in [1.29, 1.82) is 0 Å². The molecule has 0 aliphatic carbocycles. The van der Waals surface area contributed by atoms with Crippen LogP contribution in [0.4, 0.5) is 9.18 Å². The lowest BCUT2D eigenvalue weighted by molar-refractivity contribution is -0.136. The Hall–Kier alpha value is -5.62. The molecule has 2 amide bonds. The molecular formula is C35H35FN4O7. The van der Waals surface area contributed by atoms with Crippen molar-refractivity contribution in [2.75, 3.05) is 20.3 Å². The summed E-state index contributed by atoms with van der Waals surface area (Å²) >= 11 is 0. The number of esters is 1. The van der Waals surface area contributed by atoms with Crippen molar-refractivity contribution in [3.63, 3.8) is 0 Å². The SMILES string of the molecule is CCOc1cc([C@@H]2NC(=O)NC(C)=C2C(=O)OC)ccc1OC[C@@H](O)N/N=C/c1c(OCc2ccccc2F)ccc2ccccc12. The highest BCUT2D eigenvalue weighted by molar-refractivity contribution is 6.02. The fraction of sp³-hybridized carbons (Fsp3) is 0.229. The summed E-state index contributed by atoms with van der Waals surface area (Å²) in [6, 6.07) is 21.5. The molecule has 0 unspecified atom stereocenters. The summed E-state index contributed by atoms with van der Waals surface area (Å²) in [6.45, 7) is 3.57. The molecule has 0 aromatic heterocycles. The first-order valence-electron chi connectivity index (χ1n) is 14.9. The van der Waals surface area contributed by atoms with Gasteiger partial charge in [-0.05, 0) is 54.4 Å². The van der Waals surface area contributed by atoms with E-state index in [9.17, 15) is 19.1 Å². The first kappa shape index (κ1) is 32.8. The zero-order valence-electron chi connectivity index (χ0n) is 26.1. The van der Waals surface area contributed by atoms with Gasteiger partial charge < -0.3 is 34.7 Å². The maximum Gasteiger partial charge on any atom is 0.337 e. The van der Waals surface area contributed by atoms with Gasteiger partial charge in [0.15, 0.2) is 17.7 Å². The number of rotatable bonds is 13. The number of ether oxygens (including phenoxy) is 4. The van der Waals surface area contributed by atoms with Crippen molar-refractivity contribution in [3.8, 4) is 17.2 Å². The third-order valence-corrected chi connectivity index (χ3v) is 7.36. The second kappa shape index (κ2) is 15.1. The van der Waals surface area contributed by atoms with Crippen molar-refractivity contribution in [3.05, 3.63) is 113 Å². The molecular weight excluding hydrogens is 607 g/mol. The van der Waals surface area contributed by atoms with Crippen LogP contribution >= 0.6 is 0 Å². The molecule has 4 aromatic carbocycles. The summed E-state index contributed by atoms with van der Waals surface area (Å²) in [4.78, 5) is 24.7. The van der Waals surface area contributed by atoms with Crippen LogP contribution in [-0.4, -0.2) is 49.9 Å². The van der Waals surface area contributed by atoms with Crippen LogP contribution in [0.1, 0.15) is 36.6 Å². The molecule has 2 atom stereocenters. The quantitative estimate of drug-likeness (QED) is 0.0686. The van der Waals surface area contributed by atoms with Gasteiger partial charge in [-0.1, -0.05) is 54.6 Å². The normalized spacial score (nSPS) is 15.2. The van der Waals surface area contributed by atoms with Gasteiger partial charge >= 0.3 is 12.0 Å². The van der Waals surface area contributed by atoms with Crippen LogP contribution in [0, 0.1) is 5.82 Å². The first-order chi connectivity index (χ1) is 22.8. The largest absolute Gasteiger partial charge is 0.490 e. The number of amides is 2. The van der Waals surface area contributed by atoms with Crippen molar-refractivity contribution >= 4 is 29.0 Å². The molecule has 0 radical (unpaired) electrons. The summed E-state index contributed by atoms with van der Waals surface area (Å²) in [7, 11) is 1.27. The summed E-state index contributed by atoms with van der Waals surface area (Å²) in [5.41, 5.74) is 4.93. The van der Waals surface area contributed by atoms with Gasteiger partial charge in [-0.25, -0.2) is 14.0 Å². The molecule has 4 N–H and O–H groups in total. The van der Waals surface area contributed by atoms with E-state index in [4.69, 9.17) is 18.9 Å². The van der Waals surface area contributed by atoms with E-state index < -0.39 is 24.3 Å². The third kappa shape index (κ3) is 7.79. The molecule has 5 rings (SSSR count). The van der Waals surface area contributed by atoms with Gasteiger partial charge in [0.1, 0.15) is 24.8 Å². The van der Waals surface area contributed by atoms with E-state index in [1.54, 1.807) is 56.3 Å². The van der Waals surface area contributed by atoms with E-state index in [1.165, 1.54) is 19.4 Å². The van der Waals surface area contributed by atoms with Gasteiger partial charge in [-0.3, -0.25) is 5.43 Å². The van der Waals surface area contributed by atoms with E-state index in [0.29, 0.717) is 46.2 Å². The van der Waals surface area contributed by atoms with Gasteiger partial charge in [0.2, 0.25) is 0 Å². The second-order valence-electron chi connectivity index (χ2n) is 10.5. The molecule has 12 heteroatoms. The molecule has 47 heavy (non-hydrogen) atoms. The number of carbonyl (C=O) groups excluding carboxylic acids is 2. The van der Waals surface area contributed by atoms with Gasteiger partial charge in [0, 0.05) is 16.8 Å². The standard InChI is InChI=1S/C35H35FN4O7/c1-4-45-30-17-23(33-32(34(42)44-3)21(2)38-35(43)39-33)14-16-29(30)47-20-31(41)40-37-18-26-25-11-7-5-9-22(25)13-15-28(26)46-19-24-10-6-8-12-27(24)36/h5-18,31,33,40-41H,4,19-20H2,1-3H3,(H2,38,39,43)/b37-18+/t31-,33+/m1/s1. The zero-order valence-corrected chi connectivity index (χ0v) is 26.1. The summed E-state index contributed by atoms with van der Waals surface area (Å²) in [5.74, 6) is 0.239. The molecule has 0 spiro atoms. The number of carbonyl (C=O) groups is 2. The predicted molar refractivity (Wildman–Crippen MR) is 174 cm³/mol. The highest BCUT2D eigenvalue weighted by Gasteiger charge is 2.32. The Morgan fingerprint density at radius 2 is 1.79 bits per heavy atom. The van der Waals surface area contributed by atoms with Crippen LogP contribution in [0.25, 0.3) is 10.8 Å². The number of hydrogen-bond acceptors (Lipinski definition) is 9. The average molecular weight is 643 g/mol. The fourth-order valence-corrected chi connectivity index (χ4v) is 5.12. The number of urea groups is 1. The minimum Gasteiger partial charge on any atom is -0.490 e. The lowest BCUT2D eigenvalue weighted by Crippen LogP contribution is -2.45. The molecule has 0 saturated heterocycles. The van der Waals surface area contributed by atoms with Crippen LogP contribution in [0.3, 0.4) is 0 Å². The summed E-state index contributed by atoms with van der Waals surface area (Å²) < 4.78 is 36.7. The van der Waals surface area contributed by atoms with Gasteiger partial charge in [0.05, 0.1) is 31.5 Å². The second-order valence-corrected chi connectivity index (χ2v) is 10.5. The third-order valence-electron chi connectivity index (χ3n) is 7.36. The minimum atomic E-state index is -1.21. The molecule has 0 saturated carbocycles. The Labute approximate surface area is 271 Å². The minimum absolute atomic E-state index is 0.0284. The molecule has 1 aliphatic rings. The zero-order chi connectivity index (χ0) is 33.3. The van der Waals surface area contributed by atoms with E-state index in [0.717, 1.165) is 10.8 Å². The van der Waals surface area contributed by atoms with E-state index in [1.807, 2.05) is 30.3 Å². The number of allylic oxidation sites excluding steroid dienone is 1. The number of aliphatic hydroxyl groups excluding tert-OH is 1. The van der Waals surface area contributed by atoms with Crippen LogP contribution in [0.15, 0.2) is 95.2 Å². The van der Waals surface area contributed by atoms with Crippen LogP contribution < -0.4 is 30.3 Å². The fourth-order valence-electron chi connectivity index (χ4n) is 5.12. The Morgan fingerprint density at radius 3 is 2.57 bits per heavy atom. The lowest BCUT2D eigenvalue weighted by Gasteiger charge is -2.28. The van der Waals surface area contributed by atoms with Gasteiger partial charge in [-0.2, -0.15) is 5.10 Å². The van der Waals surface area contributed by atoms with Crippen LogP contribution in [0.2, 0.25) is 0 Å². The summed E-state index contributed by atoms with van der Waals surface area (Å²) in [5, 5.41) is 22.0. The number of hydrazone groups is 1. The Morgan fingerprint density at radius 1 is 1.02 bits per heavy atom. The van der Waals surface area contributed by atoms with Crippen LogP contribution in [-0.2, 0) is 16.1 Å². The Bertz CT molecular complexity index is 1830.